The minimum atomic E-state index is -0.317. The van der Waals surface area contributed by atoms with Crippen LogP contribution in [-0.4, -0.2) is 43.5 Å². The first-order valence-corrected chi connectivity index (χ1v) is 9.53. The van der Waals surface area contributed by atoms with Crippen LogP contribution < -0.4 is 14.8 Å². The maximum absolute atomic E-state index is 12.7. The van der Waals surface area contributed by atoms with E-state index < -0.39 is 0 Å². The predicted molar refractivity (Wildman–Crippen MR) is 108 cm³/mol. The van der Waals surface area contributed by atoms with Crippen LogP contribution in [-0.2, 0) is 4.79 Å². The molecule has 0 aromatic heterocycles. The Kier molecular flexibility index (Phi) is 6.53. The Morgan fingerprint density at radius 1 is 1.07 bits per heavy atom. The van der Waals surface area contributed by atoms with E-state index in [0.29, 0.717) is 22.7 Å². The molecule has 0 saturated carbocycles. The van der Waals surface area contributed by atoms with Gasteiger partial charge in [0, 0.05) is 18.7 Å². The lowest BCUT2D eigenvalue weighted by Crippen LogP contribution is -2.35. The van der Waals surface area contributed by atoms with Gasteiger partial charge in [0.15, 0.2) is 6.61 Å². The summed E-state index contributed by atoms with van der Waals surface area (Å²) < 4.78 is 10.9. The van der Waals surface area contributed by atoms with Crippen molar-refractivity contribution in [2.75, 3.05) is 32.1 Å². The van der Waals surface area contributed by atoms with Crippen LogP contribution >= 0.6 is 0 Å². The Labute approximate surface area is 165 Å². The molecule has 1 aliphatic heterocycles. The van der Waals surface area contributed by atoms with Crippen molar-refractivity contribution in [2.45, 2.75) is 26.2 Å². The van der Waals surface area contributed by atoms with E-state index >= 15 is 0 Å². The number of methoxy groups -OCH3 is 1. The SMILES string of the molecule is COc1ccc(C(=O)N2CCCCC2)cc1NC(=O)COc1cccc(C)c1. The maximum atomic E-state index is 12.7. The molecule has 3 rings (SSSR count). The van der Waals surface area contributed by atoms with Gasteiger partial charge in [-0.1, -0.05) is 12.1 Å². The summed E-state index contributed by atoms with van der Waals surface area (Å²) in [6.07, 6.45) is 3.22. The zero-order valence-corrected chi connectivity index (χ0v) is 16.4. The van der Waals surface area contributed by atoms with E-state index in [1.165, 1.54) is 7.11 Å². The first-order chi connectivity index (χ1) is 13.6. The third-order valence-electron chi connectivity index (χ3n) is 4.72. The Morgan fingerprint density at radius 3 is 2.57 bits per heavy atom. The number of aryl methyl sites for hydroxylation is 1. The van der Waals surface area contributed by atoms with Crippen LogP contribution in [0.3, 0.4) is 0 Å². The molecule has 28 heavy (non-hydrogen) atoms. The molecule has 2 aromatic carbocycles. The molecule has 0 bridgehead atoms. The summed E-state index contributed by atoms with van der Waals surface area (Å²) in [4.78, 5) is 26.9. The molecule has 0 unspecified atom stereocenters. The summed E-state index contributed by atoms with van der Waals surface area (Å²) >= 11 is 0. The average Bonchev–Trinajstić information content (AvgIpc) is 2.72. The molecular weight excluding hydrogens is 356 g/mol. The standard InChI is InChI=1S/C22H26N2O4/c1-16-7-6-8-18(13-16)28-15-21(25)23-19-14-17(9-10-20(19)27-2)22(26)24-11-4-3-5-12-24/h6-10,13-14H,3-5,11-12,15H2,1-2H3,(H,23,25). The van der Waals surface area contributed by atoms with Gasteiger partial charge in [0.2, 0.25) is 0 Å². The van der Waals surface area contributed by atoms with E-state index in [4.69, 9.17) is 9.47 Å². The van der Waals surface area contributed by atoms with E-state index in [1.54, 1.807) is 24.3 Å². The van der Waals surface area contributed by atoms with Crippen LogP contribution in [0, 0.1) is 6.92 Å². The lowest BCUT2D eigenvalue weighted by Gasteiger charge is -2.27. The van der Waals surface area contributed by atoms with Crippen molar-refractivity contribution in [1.82, 2.24) is 4.90 Å². The summed E-state index contributed by atoms with van der Waals surface area (Å²) in [7, 11) is 1.53. The zero-order valence-electron chi connectivity index (χ0n) is 16.4. The second kappa shape index (κ2) is 9.26. The molecule has 2 aromatic rings. The molecule has 148 valence electrons. The Hall–Kier alpha value is -3.02. The first kappa shape index (κ1) is 19.7. The third kappa shape index (κ3) is 5.03. The number of ether oxygens (including phenoxy) is 2. The molecule has 2 amide bonds. The molecule has 0 radical (unpaired) electrons. The van der Waals surface area contributed by atoms with Gasteiger partial charge in [0.05, 0.1) is 12.8 Å². The maximum Gasteiger partial charge on any atom is 0.262 e. The molecule has 1 aliphatic rings. The van der Waals surface area contributed by atoms with E-state index in [0.717, 1.165) is 37.9 Å². The molecule has 1 saturated heterocycles. The van der Waals surface area contributed by atoms with E-state index in [-0.39, 0.29) is 18.4 Å². The first-order valence-electron chi connectivity index (χ1n) is 9.53. The highest BCUT2D eigenvalue weighted by Crippen LogP contribution is 2.27. The number of nitrogens with one attached hydrogen (secondary N) is 1. The number of likely N-dealkylation sites (tertiary alicyclic amines) is 1. The van der Waals surface area contributed by atoms with Gasteiger partial charge in [-0.25, -0.2) is 0 Å². The Bertz CT molecular complexity index is 844. The van der Waals surface area contributed by atoms with E-state index in [2.05, 4.69) is 5.32 Å². The summed E-state index contributed by atoms with van der Waals surface area (Å²) in [5.41, 5.74) is 2.06. The number of nitrogens with zero attached hydrogens (tertiary/aromatic N) is 1. The Balaban J connectivity index is 1.67. The highest BCUT2D eigenvalue weighted by atomic mass is 16.5. The highest BCUT2D eigenvalue weighted by Gasteiger charge is 2.20. The van der Waals surface area contributed by atoms with Crippen molar-refractivity contribution in [3.8, 4) is 11.5 Å². The number of benzene rings is 2. The number of hydrogen-bond acceptors (Lipinski definition) is 4. The minimum Gasteiger partial charge on any atom is -0.495 e. The minimum absolute atomic E-state index is 0.0196. The van der Waals surface area contributed by atoms with Gasteiger partial charge in [0.1, 0.15) is 11.5 Å². The van der Waals surface area contributed by atoms with Gasteiger partial charge >= 0.3 is 0 Å². The number of carbonyl (C=O) groups excluding carboxylic acids is 2. The van der Waals surface area contributed by atoms with Crippen LogP contribution in [0.15, 0.2) is 42.5 Å². The number of carbonyl (C=O) groups is 2. The smallest absolute Gasteiger partial charge is 0.262 e. The molecule has 1 heterocycles. The second-order valence-electron chi connectivity index (χ2n) is 6.92. The molecule has 6 nitrogen and oxygen atoms in total. The fraction of sp³-hybridized carbons (Fsp3) is 0.364. The number of hydrogen-bond donors (Lipinski definition) is 1. The van der Waals surface area contributed by atoms with Gasteiger partial charge < -0.3 is 19.7 Å². The highest BCUT2D eigenvalue weighted by molar-refractivity contribution is 5.98. The van der Waals surface area contributed by atoms with Crippen LogP contribution in [0.5, 0.6) is 11.5 Å². The lowest BCUT2D eigenvalue weighted by atomic mass is 10.1. The quantitative estimate of drug-likeness (QED) is 0.828. The van der Waals surface area contributed by atoms with Crippen LogP contribution in [0.2, 0.25) is 0 Å². The number of amides is 2. The largest absolute Gasteiger partial charge is 0.495 e. The van der Waals surface area contributed by atoms with Crippen molar-refractivity contribution in [1.29, 1.82) is 0 Å². The number of anilines is 1. The van der Waals surface area contributed by atoms with Gasteiger partial charge in [0.25, 0.3) is 11.8 Å². The molecule has 6 heteroatoms. The van der Waals surface area contributed by atoms with Crippen molar-refractivity contribution < 1.29 is 19.1 Å². The Morgan fingerprint density at radius 2 is 1.86 bits per heavy atom. The lowest BCUT2D eigenvalue weighted by molar-refractivity contribution is -0.118. The molecule has 0 atom stereocenters. The molecule has 0 spiro atoms. The molecule has 1 fully saturated rings. The second-order valence-corrected chi connectivity index (χ2v) is 6.92. The molecular formula is C22H26N2O4. The summed E-state index contributed by atoms with van der Waals surface area (Å²) in [5, 5.41) is 2.78. The van der Waals surface area contributed by atoms with Crippen LogP contribution in [0.25, 0.3) is 0 Å². The normalized spacial score (nSPS) is 13.7. The van der Waals surface area contributed by atoms with Crippen LogP contribution in [0.1, 0.15) is 35.2 Å². The van der Waals surface area contributed by atoms with Gasteiger partial charge in [-0.15, -0.1) is 0 Å². The number of piperidine rings is 1. The fourth-order valence-corrected chi connectivity index (χ4v) is 3.26. The van der Waals surface area contributed by atoms with Crippen molar-refractivity contribution in [2.24, 2.45) is 0 Å². The van der Waals surface area contributed by atoms with E-state index in [1.807, 2.05) is 30.0 Å². The molecule has 0 aliphatic carbocycles. The van der Waals surface area contributed by atoms with Gasteiger partial charge in [-0.3, -0.25) is 9.59 Å². The fourth-order valence-electron chi connectivity index (χ4n) is 3.26. The van der Waals surface area contributed by atoms with Crippen LogP contribution in [0.4, 0.5) is 5.69 Å². The predicted octanol–water partition coefficient (Wildman–Crippen LogP) is 3.65. The van der Waals surface area contributed by atoms with Crippen molar-refractivity contribution >= 4 is 17.5 Å². The average molecular weight is 382 g/mol. The summed E-state index contributed by atoms with van der Waals surface area (Å²) in [6, 6.07) is 12.6. The van der Waals surface area contributed by atoms with Crippen molar-refractivity contribution in [3.63, 3.8) is 0 Å². The molecule has 1 N–H and O–H groups in total. The summed E-state index contributed by atoms with van der Waals surface area (Å²) in [5.74, 6) is 0.798. The number of rotatable bonds is 6. The van der Waals surface area contributed by atoms with Gasteiger partial charge in [-0.2, -0.15) is 0 Å². The van der Waals surface area contributed by atoms with Gasteiger partial charge in [-0.05, 0) is 62.1 Å². The van der Waals surface area contributed by atoms with E-state index in [9.17, 15) is 9.59 Å². The monoisotopic (exact) mass is 382 g/mol. The third-order valence-corrected chi connectivity index (χ3v) is 4.72. The topological polar surface area (TPSA) is 67.9 Å². The summed E-state index contributed by atoms with van der Waals surface area (Å²) in [6.45, 7) is 3.38. The zero-order chi connectivity index (χ0) is 19.9. The van der Waals surface area contributed by atoms with Crippen molar-refractivity contribution in [3.05, 3.63) is 53.6 Å².